The van der Waals surface area contributed by atoms with Crippen LogP contribution in [-0.2, 0) is 6.18 Å². The number of alkyl halides is 3. The molecular formula is C16H12F3N3O3S. The smallest absolute Gasteiger partial charge is 0.332 e. The van der Waals surface area contributed by atoms with Gasteiger partial charge in [0.15, 0.2) is 10.9 Å². The summed E-state index contributed by atoms with van der Waals surface area (Å²) in [7, 11) is 0. The summed E-state index contributed by atoms with van der Waals surface area (Å²) in [5.41, 5.74) is -1.51. The maximum Gasteiger partial charge on any atom is 0.418 e. The van der Waals surface area contributed by atoms with Gasteiger partial charge in [-0.25, -0.2) is 0 Å². The molecule has 2 aromatic carbocycles. The lowest BCUT2D eigenvalue weighted by atomic mass is 10.1. The standard InChI is InChI=1S/C16H12F3N3O3S/c1-9(23)10-3-2-4-11(7-10)20-15(26)21-14-6-5-12(22(24)25)8-13(14)16(17,18)19/h2-8H,1H3,(H2,20,21,26). The normalized spacial score (nSPS) is 10.9. The average molecular weight is 383 g/mol. The third kappa shape index (κ3) is 4.76. The van der Waals surface area contributed by atoms with E-state index in [1.165, 1.54) is 13.0 Å². The summed E-state index contributed by atoms with van der Waals surface area (Å²) in [5.74, 6) is -0.178. The lowest BCUT2D eigenvalue weighted by Gasteiger charge is -2.16. The monoisotopic (exact) mass is 383 g/mol. The Morgan fingerprint density at radius 3 is 2.42 bits per heavy atom. The summed E-state index contributed by atoms with van der Waals surface area (Å²) in [6.07, 6.45) is -4.81. The molecule has 0 fully saturated rings. The second kappa shape index (κ2) is 7.48. The van der Waals surface area contributed by atoms with Crippen LogP contribution < -0.4 is 10.6 Å². The van der Waals surface area contributed by atoms with E-state index >= 15 is 0 Å². The van der Waals surface area contributed by atoms with Gasteiger partial charge < -0.3 is 10.6 Å². The number of anilines is 2. The molecule has 0 aromatic heterocycles. The Morgan fingerprint density at radius 1 is 1.15 bits per heavy atom. The number of benzene rings is 2. The molecule has 10 heteroatoms. The third-order valence-corrected chi connectivity index (χ3v) is 3.50. The van der Waals surface area contributed by atoms with E-state index in [1.807, 2.05) is 0 Å². The number of nitro benzene ring substituents is 1. The molecule has 136 valence electrons. The zero-order chi connectivity index (χ0) is 19.5. The first-order chi connectivity index (χ1) is 12.1. The SMILES string of the molecule is CC(=O)c1cccc(NC(=S)Nc2ccc([N+](=O)[O-])cc2C(F)(F)F)c1. The number of nitrogens with one attached hydrogen (secondary N) is 2. The number of carbonyl (C=O) groups excluding carboxylic acids is 1. The van der Waals surface area contributed by atoms with Crippen LogP contribution in [0.2, 0.25) is 0 Å². The van der Waals surface area contributed by atoms with Crippen LogP contribution in [0, 0.1) is 10.1 Å². The fourth-order valence-electron chi connectivity index (χ4n) is 2.09. The molecule has 0 aliphatic carbocycles. The van der Waals surface area contributed by atoms with E-state index in [4.69, 9.17) is 12.2 Å². The minimum atomic E-state index is -4.81. The molecule has 2 aromatic rings. The van der Waals surface area contributed by atoms with E-state index in [2.05, 4.69) is 10.6 Å². The number of rotatable bonds is 4. The third-order valence-electron chi connectivity index (χ3n) is 3.29. The number of nitrogens with zero attached hydrogens (tertiary/aromatic N) is 1. The highest BCUT2D eigenvalue weighted by Crippen LogP contribution is 2.37. The van der Waals surface area contributed by atoms with Gasteiger partial charge in [-0.15, -0.1) is 0 Å². The van der Waals surface area contributed by atoms with E-state index in [0.717, 1.165) is 12.1 Å². The van der Waals surface area contributed by atoms with Crippen LogP contribution in [0.5, 0.6) is 0 Å². The number of ketones is 1. The van der Waals surface area contributed by atoms with Gasteiger partial charge in [0, 0.05) is 23.4 Å². The molecule has 0 amide bonds. The number of carbonyl (C=O) groups is 1. The minimum absolute atomic E-state index is 0.162. The second-order valence-corrected chi connectivity index (χ2v) is 5.61. The van der Waals surface area contributed by atoms with Gasteiger partial charge in [0.25, 0.3) is 5.69 Å². The Morgan fingerprint density at radius 2 is 1.85 bits per heavy atom. The summed E-state index contributed by atoms with van der Waals surface area (Å²) >= 11 is 4.99. The van der Waals surface area contributed by atoms with Crippen molar-refractivity contribution in [3.8, 4) is 0 Å². The zero-order valence-corrected chi connectivity index (χ0v) is 14.1. The first-order valence-corrected chi connectivity index (χ1v) is 7.53. The van der Waals surface area contributed by atoms with Crippen molar-refractivity contribution in [1.82, 2.24) is 0 Å². The van der Waals surface area contributed by atoms with E-state index in [0.29, 0.717) is 17.3 Å². The van der Waals surface area contributed by atoms with Crippen molar-refractivity contribution in [1.29, 1.82) is 0 Å². The molecule has 0 aliphatic heterocycles. The van der Waals surface area contributed by atoms with Gasteiger partial charge in [0.1, 0.15) is 0 Å². The first kappa shape index (κ1) is 19.3. The molecular weight excluding hydrogens is 371 g/mol. The van der Waals surface area contributed by atoms with Gasteiger partial charge in [-0.2, -0.15) is 13.2 Å². The highest BCUT2D eigenvalue weighted by molar-refractivity contribution is 7.80. The van der Waals surface area contributed by atoms with Crippen molar-refractivity contribution < 1.29 is 22.9 Å². The molecule has 6 nitrogen and oxygen atoms in total. The Labute approximate surface area is 151 Å². The molecule has 0 saturated carbocycles. The fourth-order valence-corrected chi connectivity index (χ4v) is 2.32. The van der Waals surface area contributed by atoms with Crippen LogP contribution in [-0.4, -0.2) is 15.8 Å². The Hall–Kier alpha value is -3.01. The van der Waals surface area contributed by atoms with Crippen LogP contribution in [0.3, 0.4) is 0 Å². The van der Waals surface area contributed by atoms with Crippen molar-refractivity contribution in [2.24, 2.45) is 0 Å². The number of hydrogen-bond donors (Lipinski definition) is 2. The van der Waals surface area contributed by atoms with Crippen molar-refractivity contribution in [3.63, 3.8) is 0 Å². The molecule has 0 radical (unpaired) electrons. The number of halogens is 3. The number of hydrogen-bond acceptors (Lipinski definition) is 4. The maximum atomic E-state index is 13.1. The second-order valence-electron chi connectivity index (χ2n) is 5.20. The predicted molar refractivity (Wildman–Crippen MR) is 94.4 cm³/mol. The lowest BCUT2D eigenvalue weighted by molar-refractivity contribution is -0.385. The largest absolute Gasteiger partial charge is 0.418 e. The van der Waals surface area contributed by atoms with Crippen molar-refractivity contribution in [3.05, 3.63) is 63.7 Å². The molecule has 2 rings (SSSR count). The van der Waals surface area contributed by atoms with Gasteiger partial charge >= 0.3 is 6.18 Å². The summed E-state index contributed by atoms with van der Waals surface area (Å²) in [6.45, 7) is 1.38. The molecule has 0 aliphatic rings. The van der Waals surface area contributed by atoms with E-state index in [-0.39, 0.29) is 10.9 Å². The fraction of sp³-hybridized carbons (Fsp3) is 0.125. The molecule has 0 unspecified atom stereocenters. The molecule has 0 spiro atoms. The molecule has 2 N–H and O–H groups in total. The van der Waals surface area contributed by atoms with Gasteiger partial charge in [-0.1, -0.05) is 12.1 Å². The van der Waals surface area contributed by atoms with Crippen molar-refractivity contribution >= 4 is 40.2 Å². The molecule has 26 heavy (non-hydrogen) atoms. The maximum absolute atomic E-state index is 13.1. The van der Waals surface area contributed by atoms with Crippen molar-refractivity contribution in [2.75, 3.05) is 10.6 Å². The van der Waals surface area contributed by atoms with Crippen molar-refractivity contribution in [2.45, 2.75) is 13.1 Å². The Kier molecular flexibility index (Phi) is 5.56. The van der Waals surface area contributed by atoms with Gasteiger partial charge in [-0.05, 0) is 37.3 Å². The molecule has 0 saturated heterocycles. The highest BCUT2D eigenvalue weighted by atomic mass is 32.1. The number of thiocarbonyl (C=S) groups is 1. The topological polar surface area (TPSA) is 84.3 Å². The van der Waals surface area contributed by atoms with Gasteiger partial charge in [-0.3, -0.25) is 14.9 Å². The quantitative estimate of drug-likeness (QED) is 0.347. The highest BCUT2D eigenvalue weighted by Gasteiger charge is 2.35. The lowest BCUT2D eigenvalue weighted by Crippen LogP contribution is -2.21. The van der Waals surface area contributed by atoms with Gasteiger partial charge in [0.05, 0.1) is 16.2 Å². The Bertz CT molecular complexity index is 885. The molecule has 0 heterocycles. The van der Waals surface area contributed by atoms with Crippen LogP contribution in [0.25, 0.3) is 0 Å². The van der Waals surface area contributed by atoms with E-state index in [1.54, 1.807) is 18.2 Å². The number of Topliss-reactive ketones (excluding diaryl/α,β-unsaturated/α-hetero) is 1. The first-order valence-electron chi connectivity index (χ1n) is 7.12. The predicted octanol–water partition coefficient (Wildman–Crippen LogP) is 4.63. The van der Waals surface area contributed by atoms with E-state index < -0.39 is 28.0 Å². The van der Waals surface area contributed by atoms with Crippen LogP contribution in [0.1, 0.15) is 22.8 Å². The number of nitro groups is 1. The van der Waals surface area contributed by atoms with Crippen LogP contribution in [0.15, 0.2) is 42.5 Å². The zero-order valence-electron chi connectivity index (χ0n) is 13.3. The number of non-ortho nitro benzene ring substituents is 1. The summed E-state index contributed by atoms with van der Waals surface area (Å²) in [5, 5.41) is 15.6. The summed E-state index contributed by atoms with van der Waals surface area (Å²) in [4.78, 5) is 21.1. The molecule has 0 atom stereocenters. The summed E-state index contributed by atoms with van der Waals surface area (Å²) < 4.78 is 39.4. The average Bonchev–Trinajstić information content (AvgIpc) is 2.54. The van der Waals surface area contributed by atoms with Crippen LogP contribution >= 0.6 is 12.2 Å². The minimum Gasteiger partial charge on any atom is -0.332 e. The Balaban J connectivity index is 2.25. The van der Waals surface area contributed by atoms with Crippen LogP contribution in [0.4, 0.5) is 30.2 Å². The van der Waals surface area contributed by atoms with Gasteiger partial charge in [0.2, 0.25) is 0 Å². The van der Waals surface area contributed by atoms with E-state index in [9.17, 15) is 28.1 Å². The molecule has 0 bridgehead atoms. The summed E-state index contributed by atoms with van der Waals surface area (Å²) in [6, 6.07) is 8.56.